The first kappa shape index (κ1) is 15.7. The molecule has 0 saturated carbocycles. The van der Waals surface area contributed by atoms with Crippen LogP contribution in [0.2, 0.25) is 0 Å². The molecular formula is C13H16N4O2S2. The summed E-state index contributed by atoms with van der Waals surface area (Å²) in [6, 6.07) is 6.99. The Morgan fingerprint density at radius 3 is 3.00 bits per heavy atom. The maximum atomic E-state index is 11.6. The Morgan fingerprint density at radius 2 is 2.29 bits per heavy atom. The first-order valence-electron chi connectivity index (χ1n) is 6.42. The number of nitrogen functional groups attached to an aromatic ring is 1. The van der Waals surface area contributed by atoms with Crippen molar-refractivity contribution in [2.75, 3.05) is 12.4 Å². The van der Waals surface area contributed by atoms with Gasteiger partial charge in [0.2, 0.25) is 0 Å². The quantitative estimate of drug-likeness (QED) is 0.266. The Labute approximate surface area is 131 Å². The number of rotatable bonds is 7. The number of nitrogens with zero attached hydrogens (tertiary/aromatic N) is 2. The number of ether oxygens (including phenoxy) is 1. The van der Waals surface area contributed by atoms with E-state index >= 15 is 0 Å². The van der Waals surface area contributed by atoms with Gasteiger partial charge in [0.1, 0.15) is 11.6 Å². The van der Waals surface area contributed by atoms with Crippen LogP contribution in [-0.4, -0.2) is 27.6 Å². The van der Waals surface area contributed by atoms with Crippen LogP contribution in [0.4, 0.5) is 0 Å². The second-order valence-corrected chi connectivity index (χ2v) is 6.09. The molecule has 0 atom stereocenters. The maximum absolute atomic E-state index is 11.6. The molecule has 0 spiro atoms. The molecule has 0 saturated heterocycles. The first-order valence-corrected chi connectivity index (χ1v) is 8.18. The van der Waals surface area contributed by atoms with Crippen molar-refractivity contribution in [3.8, 4) is 5.75 Å². The number of amides is 1. The molecule has 1 amide bonds. The van der Waals surface area contributed by atoms with Crippen LogP contribution in [-0.2, 0) is 6.42 Å². The fraction of sp³-hybridized carbons (Fsp3) is 0.308. The Balaban J connectivity index is 1.84. The molecule has 0 fully saturated rings. The number of nitrogens with two attached hydrogens (primary N) is 1. The summed E-state index contributed by atoms with van der Waals surface area (Å²) in [6.07, 6.45) is 0.842. The highest BCUT2D eigenvalue weighted by molar-refractivity contribution is 8.00. The molecule has 6 nitrogen and oxygen atoms in total. The molecular weight excluding hydrogens is 308 g/mol. The van der Waals surface area contributed by atoms with E-state index in [4.69, 9.17) is 10.6 Å². The van der Waals surface area contributed by atoms with Gasteiger partial charge in [-0.15, -0.1) is 0 Å². The van der Waals surface area contributed by atoms with Gasteiger partial charge in [-0.25, -0.2) is 10.8 Å². The topological polar surface area (TPSA) is 90.1 Å². The van der Waals surface area contributed by atoms with Crippen molar-refractivity contribution in [2.24, 2.45) is 5.84 Å². The van der Waals surface area contributed by atoms with Crippen LogP contribution in [0.25, 0.3) is 0 Å². The summed E-state index contributed by atoms with van der Waals surface area (Å²) in [6.45, 7) is 2.50. The average Bonchev–Trinajstić information content (AvgIpc) is 2.99. The van der Waals surface area contributed by atoms with Gasteiger partial charge in [0.25, 0.3) is 5.91 Å². The molecule has 0 aliphatic carbocycles. The number of hydrazine groups is 1. The lowest BCUT2D eigenvalue weighted by Gasteiger charge is -2.09. The molecule has 3 N–H and O–H groups in total. The van der Waals surface area contributed by atoms with Crippen LogP contribution in [0, 0.1) is 0 Å². The van der Waals surface area contributed by atoms with Crippen molar-refractivity contribution in [1.82, 2.24) is 14.8 Å². The summed E-state index contributed by atoms with van der Waals surface area (Å²) in [5.74, 6) is 6.90. The van der Waals surface area contributed by atoms with E-state index in [1.807, 2.05) is 13.0 Å². The molecule has 0 radical (unpaired) electrons. The SMILES string of the molecule is CCc1nsc(SCCOc2ccccc2C(=O)NN)n1. The predicted molar refractivity (Wildman–Crippen MR) is 83.6 cm³/mol. The lowest BCUT2D eigenvalue weighted by Crippen LogP contribution is -2.30. The van der Waals surface area contributed by atoms with Crippen molar-refractivity contribution < 1.29 is 9.53 Å². The Kier molecular flexibility index (Phi) is 5.97. The molecule has 2 rings (SSSR count). The summed E-state index contributed by atoms with van der Waals surface area (Å²) < 4.78 is 10.8. The van der Waals surface area contributed by atoms with Gasteiger partial charge >= 0.3 is 0 Å². The van der Waals surface area contributed by atoms with E-state index in [-0.39, 0.29) is 5.91 Å². The first-order chi connectivity index (χ1) is 10.2. The molecule has 21 heavy (non-hydrogen) atoms. The zero-order valence-corrected chi connectivity index (χ0v) is 13.2. The minimum atomic E-state index is -0.366. The molecule has 0 unspecified atom stereocenters. The zero-order chi connectivity index (χ0) is 15.1. The average molecular weight is 324 g/mol. The van der Waals surface area contributed by atoms with Crippen molar-refractivity contribution in [3.63, 3.8) is 0 Å². The second kappa shape index (κ2) is 7.96. The van der Waals surface area contributed by atoms with Gasteiger partial charge < -0.3 is 4.74 Å². The molecule has 1 aromatic carbocycles. The summed E-state index contributed by atoms with van der Waals surface area (Å²) in [5, 5.41) is 0. The number of aryl methyl sites for hydroxylation is 1. The van der Waals surface area contributed by atoms with Crippen molar-refractivity contribution in [2.45, 2.75) is 17.7 Å². The normalized spacial score (nSPS) is 10.4. The molecule has 112 valence electrons. The van der Waals surface area contributed by atoms with Crippen LogP contribution in [0.3, 0.4) is 0 Å². The second-order valence-electron chi connectivity index (χ2n) is 4.00. The number of thioether (sulfide) groups is 1. The van der Waals surface area contributed by atoms with Crippen LogP contribution in [0.15, 0.2) is 28.6 Å². The van der Waals surface area contributed by atoms with Gasteiger partial charge in [-0.2, -0.15) is 4.37 Å². The number of hydrogen-bond donors (Lipinski definition) is 2. The summed E-state index contributed by atoms with van der Waals surface area (Å²) in [7, 11) is 0. The number of nitrogens with one attached hydrogen (secondary N) is 1. The van der Waals surface area contributed by atoms with E-state index in [1.165, 1.54) is 11.5 Å². The molecule has 0 aliphatic rings. The number of carbonyl (C=O) groups is 1. The van der Waals surface area contributed by atoms with Crippen LogP contribution >= 0.6 is 23.3 Å². The molecule has 0 bridgehead atoms. The van der Waals surface area contributed by atoms with E-state index in [0.717, 1.165) is 22.3 Å². The lowest BCUT2D eigenvalue weighted by atomic mass is 10.2. The van der Waals surface area contributed by atoms with E-state index in [9.17, 15) is 4.79 Å². The number of hydrogen-bond acceptors (Lipinski definition) is 7. The van der Waals surface area contributed by atoms with E-state index < -0.39 is 0 Å². The lowest BCUT2D eigenvalue weighted by molar-refractivity contribution is 0.0950. The molecule has 0 aliphatic heterocycles. The van der Waals surface area contributed by atoms with Crippen LogP contribution in [0.1, 0.15) is 23.1 Å². The number of aromatic nitrogens is 2. The number of benzene rings is 1. The zero-order valence-electron chi connectivity index (χ0n) is 11.5. The largest absolute Gasteiger partial charge is 0.492 e. The monoisotopic (exact) mass is 324 g/mol. The molecule has 1 heterocycles. The van der Waals surface area contributed by atoms with Gasteiger partial charge in [0, 0.05) is 12.2 Å². The Bertz CT molecular complexity index is 603. The van der Waals surface area contributed by atoms with Gasteiger partial charge in [-0.05, 0) is 23.7 Å². The third kappa shape index (κ3) is 4.42. The highest BCUT2D eigenvalue weighted by Crippen LogP contribution is 2.22. The smallest absolute Gasteiger partial charge is 0.268 e. The summed E-state index contributed by atoms with van der Waals surface area (Å²) in [5.41, 5.74) is 2.53. The standard InChI is InChI=1S/C13H16N4O2S2/c1-2-11-15-13(21-17-11)20-8-7-19-10-6-4-3-5-9(10)12(18)16-14/h3-6H,2,7-8,14H2,1H3,(H,16,18). The fourth-order valence-corrected chi connectivity index (χ4v) is 3.16. The minimum absolute atomic E-state index is 0.366. The van der Waals surface area contributed by atoms with Crippen molar-refractivity contribution in [1.29, 1.82) is 0 Å². The molecule has 2 aromatic rings. The van der Waals surface area contributed by atoms with E-state index in [1.54, 1.807) is 30.0 Å². The van der Waals surface area contributed by atoms with E-state index in [0.29, 0.717) is 17.9 Å². The highest BCUT2D eigenvalue weighted by atomic mass is 32.2. The van der Waals surface area contributed by atoms with Crippen LogP contribution in [0.5, 0.6) is 5.75 Å². The Hall–Kier alpha value is -1.64. The van der Waals surface area contributed by atoms with Gasteiger partial charge in [0.05, 0.1) is 12.2 Å². The summed E-state index contributed by atoms with van der Waals surface area (Å²) in [4.78, 5) is 16.0. The van der Waals surface area contributed by atoms with Crippen molar-refractivity contribution >= 4 is 29.2 Å². The van der Waals surface area contributed by atoms with Crippen molar-refractivity contribution in [3.05, 3.63) is 35.7 Å². The minimum Gasteiger partial charge on any atom is -0.492 e. The number of carbonyl (C=O) groups excluding carboxylic acids is 1. The molecule has 8 heteroatoms. The number of para-hydroxylation sites is 1. The van der Waals surface area contributed by atoms with E-state index in [2.05, 4.69) is 14.8 Å². The predicted octanol–water partition coefficient (Wildman–Crippen LogP) is 1.88. The van der Waals surface area contributed by atoms with Gasteiger partial charge in [-0.1, -0.05) is 30.8 Å². The Morgan fingerprint density at radius 1 is 1.48 bits per heavy atom. The fourth-order valence-electron chi connectivity index (χ4n) is 1.58. The third-order valence-corrected chi connectivity index (χ3v) is 4.43. The third-order valence-electron chi connectivity index (χ3n) is 2.59. The van der Waals surface area contributed by atoms with Crippen LogP contribution < -0.4 is 16.0 Å². The summed E-state index contributed by atoms with van der Waals surface area (Å²) >= 11 is 2.99. The van der Waals surface area contributed by atoms with Gasteiger partial charge in [-0.3, -0.25) is 10.2 Å². The van der Waals surface area contributed by atoms with Gasteiger partial charge in [0.15, 0.2) is 4.34 Å². The highest BCUT2D eigenvalue weighted by Gasteiger charge is 2.10. The molecule has 1 aromatic heterocycles. The maximum Gasteiger partial charge on any atom is 0.268 e.